The number of fused-ring (bicyclic) bond motifs is 1. The zero-order valence-corrected chi connectivity index (χ0v) is 8.90. The summed E-state index contributed by atoms with van der Waals surface area (Å²) in [6, 6.07) is 5.09. The van der Waals surface area contributed by atoms with Gasteiger partial charge in [0.05, 0.1) is 19.7 Å². The summed E-state index contributed by atoms with van der Waals surface area (Å²) in [5.74, 6) is 0.216. The lowest BCUT2D eigenvalue weighted by Gasteiger charge is -2.08. The molecule has 2 aromatic rings. The number of hydrogen-bond acceptors (Lipinski definition) is 4. The molecule has 0 radical (unpaired) electrons. The van der Waals surface area contributed by atoms with Crippen LogP contribution in [0.2, 0.25) is 0 Å². The van der Waals surface area contributed by atoms with Crippen molar-refractivity contribution in [2.45, 2.75) is 0 Å². The molecule has 5 heteroatoms. The quantitative estimate of drug-likeness (QED) is 0.800. The Morgan fingerprint density at radius 1 is 1.25 bits per heavy atom. The number of H-pyrrole nitrogens is 1. The molecular weight excluding hydrogens is 210 g/mol. The molecule has 0 amide bonds. The second-order valence-corrected chi connectivity index (χ2v) is 3.22. The number of rotatable bonds is 2. The summed E-state index contributed by atoms with van der Waals surface area (Å²) >= 11 is 0. The van der Waals surface area contributed by atoms with Crippen LogP contribution < -0.4 is 15.0 Å². The lowest BCUT2D eigenvalue weighted by Crippen LogP contribution is -2.09. The third-order valence-electron chi connectivity index (χ3n) is 2.37. The summed E-state index contributed by atoms with van der Waals surface area (Å²) in [6.07, 6.45) is 0. The lowest BCUT2D eigenvalue weighted by molar-refractivity contribution is 0.370. The van der Waals surface area contributed by atoms with Crippen molar-refractivity contribution >= 4 is 10.9 Å². The van der Waals surface area contributed by atoms with Crippen LogP contribution in [0.15, 0.2) is 23.0 Å². The van der Waals surface area contributed by atoms with Gasteiger partial charge >= 0.3 is 0 Å². The fourth-order valence-electron chi connectivity index (χ4n) is 1.62. The molecule has 0 aliphatic heterocycles. The minimum Gasteiger partial charge on any atom is -0.504 e. The summed E-state index contributed by atoms with van der Waals surface area (Å²) in [7, 11) is 2.82. The molecule has 0 spiro atoms. The maximum Gasteiger partial charge on any atom is 0.294 e. The Labute approximate surface area is 91.2 Å². The predicted molar refractivity (Wildman–Crippen MR) is 59.3 cm³/mol. The highest BCUT2D eigenvalue weighted by Gasteiger charge is 2.14. The van der Waals surface area contributed by atoms with Crippen molar-refractivity contribution < 1.29 is 14.6 Å². The second-order valence-electron chi connectivity index (χ2n) is 3.22. The van der Waals surface area contributed by atoms with E-state index in [-0.39, 0.29) is 11.5 Å². The van der Waals surface area contributed by atoms with Gasteiger partial charge in [-0.15, -0.1) is 0 Å². The monoisotopic (exact) mass is 221 g/mol. The first-order valence-electron chi connectivity index (χ1n) is 4.65. The Bertz CT molecular complexity index is 588. The molecule has 84 valence electrons. The first-order valence-corrected chi connectivity index (χ1v) is 4.65. The van der Waals surface area contributed by atoms with E-state index in [1.165, 1.54) is 14.2 Å². The molecule has 0 saturated heterocycles. The highest BCUT2D eigenvalue weighted by Crippen LogP contribution is 2.33. The molecule has 1 aromatic carbocycles. The zero-order valence-electron chi connectivity index (χ0n) is 8.90. The fourth-order valence-corrected chi connectivity index (χ4v) is 1.62. The van der Waals surface area contributed by atoms with E-state index in [0.717, 1.165) is 0 Å². The van der Waals surface area contributed by atoms with Crippen LogP contribution in [0.1, 0.15) is 0 Å². The molecule has 0 unspecified atom stereocenters. The molecule has 0 fully saturated rings. The summed E-state index contributed by atoms with van der Waals surface area (Å²) in [5, 5.41) is 10.3. The number of aromatic hydroxyl groups is 1. The standard InChI is InChI=1S/C11H11NO4/c1-15-7-5-3-4-6-8(7)12-11(14)10(16-2)9(6)13/h3-5H,1-2H3,(H2,12,13,14). The van der Waals surface area contributed by atoms with Gasteiger partial charge in [-0.3, -0.25) is 4.79 Å². The van der Waals surface area contributed by atoms with Crippen LogP contribution >= 0.6 is 0 Å². The molecule has 0 atom stereocenters. The predicted octanol–water partition coefficient (Wildman–Crippen LogP) is 1.25. The van der Waals surface area contributed by atoms with Gasteiger partial charge in [0.25, 0.3) is 5.56 Å². The van der Waals surface area contributed by atoms with Crippen molar-refractivity contribution in [3.8, 4) is 17.2 Å². The number of aromatic amines is 1. The number of methoxy groups -OCH3 is 2. The number of ether oxygens (including phenoxy) is 2. The van der Waals surface area contributed by atoms with Crippen molar-refractivity contribution in [3.63, 3.8) is 0 Å². The molecule has 16 heavy (non-hydrogen) atoms. The van der Waals surface area contributed by atoms with Crippen LogP contribution in [0, 0.1) is 0 Å². The van der Waals surface area contributed by atoms with Gasteiger partial charge in [-0.05, 0) is 12.1 Å². The van der Waals surface area contributed by atoms with Gasteiger partial charge < -0.3 is 19.6 Å². The number of pyridine rings is 1. The highest BCUT2D eigenvalue weighted by molar-refractivity contribution is 5.91. The molecule has 2 N–H and O–H groups in total. The number of benzene rings is 1. The van der Waals surface area contributed by atoms with E-state index in [1.807, 2.05) is 0 Å². The van der Waals surface area contributed by atoms with Crippen LogP contribution in [-0.4, -0.2) is 24.3 Å². The van der Waals surface area contributed by atoms with E-state index < -0.39 is 5.56 Å². The number of hydrogen-bond donors (Lipinski definition) is 2. The Balaban J connectivity index is 2.92. The van der Waals surface area contributed by atoms with E-state index in [1.54, 1.807) is 18.2 Å². The lowest BCUT2D eigenvalue weighted by atomic mass is 10.2. The number of para-hydroxylation sites is 1. The van der Waals surface area contributed by atoms with Crippen molar-refractivity contribution in [3.05, 3.63) is 28.6 Å². The van der Waals surface area contributed by atoms with Gasteiger partial charge in [-0.1, -0.05) is 6.07 Å². The van der Waals surface area contributed by atoms with Crippen LogP contribution in [0.3, 0.4) is 0 Å². The zero-order chi connectivity index (χ0) is 11.7. The van der Waals surface area contributed by atoms with Gasteiger partial charge in [-0.2, -0.15) is 0 Å². The average molecular weight is 221 g/mol. The fraction of sp³-hybridized carbons (Fsp3) is 0.182. The topological polar surface area (TPSA) is 71.5 Å². The summed E-state index contributed by atoms with van der Waals surface area (Å²) < 4.78 is 9.91. The van der Waals surface area contributed by atoms with Gasteiger partial charge in [0, 0.05) is 5.39 Å². The number of aromatic nitrogens is 1. The van der Waals surface area contributed by atoms with E-state index in [2.05, 4.69) is 4.98 Å². The summed E-state index contributed by atoms with van der Waals surface area (Å²) in [5.41, 5.74) is -0.0368. The third-order valence-corrected chi connectivity index (χ3v) is 2.37. The first kappa shape index (κ1) is 10.4. The van der Waals surface area contributed by atoms with Crippen molar-refractivity contribution in [2.75, 3.05) is 14.2 Å². The van der Waals surface area contributed by atoms with Crippen LogP contribution in [-0.2, 0) is 0 Å². The van der Waals surface area contributed by atoms with Crippen LogP contribution in [0.4, 0.5) is 0 Å². The molecule has 1 heterocycles. The van der Waals surface area contributed by atoms with E-state index >= 15 is 0 Å². The SMILES string of the molecule is COc1c(O)c2cccc(OC)c2[nH]c1=O. The minimum atomic E-state index is -0.489. The smallest absolute Gasteiger partial charge is 0.294 e. The maximum atomic E-state index is 11.6. The largest absolute Gasteiger partial charge is 0.504 e. The minimum absolute atomic E-state index is 0.0965. The average Bonchev–Trinajstić information content (AvgIpc) is 2.29. The van der Waals surface area contributed by atoms with Gasteiger partial charge in [0.15, 0.2) is 5.75 Å². The number of nitrogens with one attached hydrogen (secondary N) is 1. The molecule has 0 aliphatic carbocycles. The molecular formula is C11H11NO4. The summed E-state index contributed by atoms with van der Waals surface area (Å²) in [4.78, 5) is 14.2. The van der Waals surface area contributed by atoms with E-state index in [0.29, 0.717) is 16.7 Å². The molecule has 0 saturated carbocycles. The van der Waals surface area contributed by atoms with Crippen molar-refractivity contribution in [2.24, 2.45) is 0 Å². The maximum absolute atomic E-state index is 11.6. The normalized spacial score (nSPS) is 10.4. The first-order chi connectivity index (χ1) is 7.69. The highest BCUT2D eigenvalue weighted by atomic mass is 16.5. The van der Waals surface area contributed by atoms with Gasteiger partial charge in [0.1, 0.15) is 5.75 Å². The molecule has 0 bridgehead atoms. The molecule has 0 aliphatic rings. The van der Waals surface area contributed by atoms with E-state index in [9.17, 15) is 9.90 Å². The third kappa shape index (κ3) is 1.37. The Hall–Kier alpha value is -2.17. The Kier molecular flexibility index (Phi) is 2.44. The van der Waals surface area contributed by atoms with Crippen LogP contribution in [0.25, 0.3) is 10.9 Å². The van der Waals surface area contributed by atoms with Gasteiger partial charge in [-0.25, -0.2) is 0 Å². The second kappa shape index (κ2) is 3.77. The molecule has 2 rings (SSSR count). The molecule has 1 aromatic heterocycles. The molecule has 5 nitrogen and oxygen atoms in total. The Morgan fingerprint density at radius 3 is 2.62 bits per heavy atom. The van der Waals surface area contributed by atoms with Crippen molar-refractivity contribution in [1.29, 1.82) is 0 Å². The Morgan fingerprint density at radius 2 is 2.00 bits per heavy atom. The van der Waals surface area contributed by atoms with E-state index in [4.69, 9.17) is 9.47 Å². The van der Waals surface area contributed by atoms with Crippen molar-refractivity contribution in [1.82, 2.24) is 4.98 Å². The summed E-state index contributed by atoms with van der Waals surface area (Å²) in [6.45, 7) is 0. The van der Waals surface area contributed by atoms with Crippen LogP contribution in [0.5, 0.6) is 17.2 Å². The van der Waals surface area contributed by atoms with Gasteiger partial charge in [0.2, 0.25) is 5.75 Å².